The topological polar surface area (TPSA) is 59.3 Å². The van der Waals surface area contributed by atoms with Gasteiger partial charge in [-0.05, 0) is 37.7 Å². The second-order valence-electron chi connectivity index (χ2n) is 4.99. The number of halogens is 1. The third-order valence-electron chi connectivity index (χ3n) is 3.04. The average molecular weight is 289 g/mol. The Labute approximate surface area is 122 Å². The Bertz CT molecular complexity index is 661. The van der Waals surface area contributed by atoms with Gasteiger partial charge in [-0.2, -0.15) is 4.39 Å². The van der Waals surface area contributed by atoms with Gasteiger partial charge in [-0.1, -0.05) is 12.1 Å². The second-order valence-corrected chi connectivity index (χ2v) is 4.99. The number of aryl methyl sites for hydroxylation is 1. The molecule has 0 aliphatic carbocycles. The zero-order chi connectivity index (χ0) is 15.4. The second kappa shape index (κ2) is 6.41. The predicted molar refractivity (Wildman–Crippen MR) is 77.2 cm³/mol. The number of nitro benzene ring substituents is 1. The van der Waals surface area contributed by atoms with Gasteiger partial charge in [0, 0.05) is 24.8 Å². The highest BCUT2D eigenvalue weighted by Crippen LogP contribution is 2.19. The minimum Gasteiger partial charge on any atom is -0.296 e. The van der Waals surface area contributed by atoms with Gasteiger partial charge in [-0.25, -0.2) is 0 Å². The lowest BCUT2D eigenvalue weighted by Gasteiger charge is -2.16. The van der Waals surface area contributed by atoms with Crippen molar-refractivity contribution in [3.8, 4) is 0 Å². The van der Waals surface area contributed by atoms with Crippen molar-refractivity contribution in [3.05, 3.63) is 69.3 Å². The molecule has 0 saturated heterocycles. The Balaban J connectivity index is 2.04. The van der Waals surface area contributed by atoms with Crippen LogP contribution in [0.3, 0.4) is 0 Å². The number of hydrogen-bond donors (Lipinski definition) is 0. The lowest BCUT2D eigenvalue weighted by molar-refractivity contribution is -0.387. The first-order chi connectivity index (χ1) is 9.95. The maximum Gasteiger partial charge on any atom is 0.304 e. The molecule has 1 aromatic heterocycles. The van der Waals surface area contributed by atoms with Gasteiger partial charge in [0.1, 0.15) is 0 Å². The summed E-state index contributed by atoms with van der Waals surface area (Å²) in [6, 6.07) is 9.77. The van der Waals surface area contributed by atoms with Crippen molar-refractivity contribution in [2.75, 3.05) is 7.05 Å². The monoisotopic (exact) mass is 289 g/mol. The molecule has 1 heterocycles. The van der Waals surface area contributed by atoms with Crippen molar-refractivity contribution in [1.82, 2.24) is 9.88 Å². The lowest BCUT2D eigenvalue weighted by Crippen LogP contribution is -2.18. The number of nitrogens with zero attached hydrogens (tertiary/aromatic N) is 3. The Morgan fingerprint density at radius 2 is 2.05 bits per heavy atom. The fourth-order valence-electron chi connectivity index (χ4n) is 2.13. The third-order valence-corrected chi connectivity index (χ3v) is 3.04. The quantitative estimate of drug-likeness (QED) is 0.627. The van der Waals surface area contributed by atoms with E-state index in [-0.39, 0.29) is 0 Å². The molecule has 2 aromatic rings. The summed E-state index contributed by atoms with van der Waals surface area (Å²) in [6.45, 7) is 3.04. The van der Waals surface area contributed by atoms with Crippen LogP contribution in [0.5, 0.6) is 0 Å². The molecule has 2 rings (SSSR count). The minimum atomic E-state index is -0.806. The van der Waals surface area contributed by atoms with Gasteiger partial charge in [0.2, 0.25) is 5.82 Å². The van der Waals surface area contributed by atoms with Crippen LogP contribution in [-0.2, 0) is 13.1 Å². The van der Waals surface area contributed by atoms with Crippen LogP contribution in [0.1, 0.15) is 17.0 Å². The average Bonchev–Trinajstić information content (AvgIpc) is 2.38. The lowest BCUT2D eigenvalue weighted by atomic mass is 10.2. The van der Waals surface area contributed by atoms with Gasteiger partial charge in [0.05, 0.1) is 10.6 Å². The smallest absolute Gasteiger partial charge is 0.296 e. The highest BCUT2D eigenvalue weighted by Gasteiger charge is 2.14. The fraction of sp³-hybridized carbons (Fsp3) is 0.267. The summed E-state index contributed by atoms with van der Waals surface area (Å²) in [7, 11) is 1.89. The Hall–Kier alpha value is -2.34. The highest BCUT2D eigenvalue weighted by atomic mass is 19.1. The van der Waals surface area contributed by atoms with Crippen LogP contribution in [0.2, 0.25) is 0 Å². The van der Waals surface area contributed by atoms with Crippen LogP contribution < -0.4 is 0 Å². The van der Waals surface area contributed by atoms with Crippen LogP contribution in [0.25, 0.3) is 0 Å². The minimum absolute atomic E-state index is 0.491. The van der Waals surface area contributed by atoms with Crippen LogP contribution in [-0.4, -0.2) is 21.9 Å². The van der Waals surface area contributed by atoms with Gasteiger partial charge in [0.15, 0.2) is 0 Å². The zero-order valence-electron chi connectivity index (χ0n) is 11.9. The molecule has 0 radical (unpaired) electrons. The van der Waals surface area contributed by atoms with Gasteiger partial charge in [0.25, 0.3) is 0 Å². The molecule has 21 heavy (non-hydrogen) atoms. The summed E-state index contributed by atoms with van der Waals surface area (Å²) in [5.41, 5.74) is 2.07. The zero-order valence-corrected chi connectivity index (χ0v) is 11.9. The maximum absolute atomic E-state index is 13.6. The number of nitro groups is 1. The first-order valence-corrected chi connectivity index (χ1v) is 6.49. The van der Waals surface area contributed by atoms with E-state index in [0.29, 0.717) is 18.7 Å². The summed E-state index contributed by atoms with van der Waals surface area (Å²) in [6.07, 6.45) is 0. The first-order valence-electron chi connectivity index (χ1n) is 6.49. The molecule has 0 bridgehead atoms. The van der Waals surface area contributed by atoms with Crippen LogP contribution in [0.4, 0.5) is 10.1 Å². The van der Waals surface area contributed by atoms with Crippen molar-refractivity contribution in [2.45, 2.75) is 20.0 Å². The van der Waals surface area contributed by atoms with E-state index in [9.17, 15) is 14.5 Å². The predicted octanol–water partition coefficient (Wildman–Crippen LogP) is 3.07. The number of rotatable bonds is 5. The molecule has 1 aromatic carbocycles. The highest BCUT2D eigenvalue weighted by molar-refractivity contribution is 5.35. The van der Waals surface area contributed by atoms with Gasteiger partial charge in [-0.15, -0.1) is 0 Å². The summed E-state index contributed by atoms with van der Waals surface area (Å²) >= 11 is 0. The Morgan fingerprint density at radius 3 is 2.67 bits per heavy atom. The largest absolute Gasteiger partial charge is 0.304 e. The van der Waals surface area contributed by atoms with Crippen molar-refractivity contribution in [1.29, 1.82) is 0 Å². The summed E-state index contributed by atoms with van der Waals surface area (Å²) < 4.78 is 13.6. The number of aromatic nitrogens is 1. The standard InChI is InChI=1S/C15H16FN3O2/c1-11-4-3-5-13(17-11)10-18(2)9-12-6-7-15(19(20)21)14(16)8-12/h3-8H,9-10H2,1-2H3. The molecule has 0 amide bonds. The van der Waals surface area contributed by atoms with E-state index >= 15 is 0 Å². The number of pyridine rings is 1. The maximum atomic E-state index is 13.6. The molecule has 0 unspecified atom stereocenters. The van der Waals surface area contributed by atoms with Crippen LogP contribution in [0.15, 0.2) is 36.4 Å². The van der Waals surface area contributed by atoms with E-state index in [0.717, 1.165) is 11.4 Å². The summed E-state index contributed by atoms with van der Waals surface area (Å²) in [5.74, 6) is -0.806. The van der Waals surface area contributed by atoms with E-state index in [1.807, 2.05) is 37.1 Å². The first kappa shape index (κ1) is 15.1. The summed E-state index contributed by atoms with van der Waals surface area (Å²) in [4.78, 5) is 16.2. The summed E-state index contributed by atoms with van der Waals surface area (Å²) in [5, 5.41) is 10.6. The molecule has 6 heteroatoms. The van der Waals surface area contributed by atoms with Crippen molar-refractivity contribution < 1.29 is 9.31 Å². The van der Waals surface area contributed by atoms with Gasteiger partial charge < -0.3 is 0 Å². The van der Waals surface area contributed by atoms with E-state index in [1.54, 1.807) is 6.07 Å². The van der Waals surface area contributed by atoms with Crippen LogP contribution >= 0.6 is 0 Å². The molecule has 0 aliphatic heterocycles. The molecule has 0 spiro atoms. The van der Waals surface area contributed by atoms with E-state index < -0.39 is 16.4 Å². The third kappa shape index (κ3) is 4.06. The van der Waals surface area contributed by atoms with Gasteiger partial charge in [-0.3, -0.25) is 20.0 Å². The van der Waals surface area contributed by atoms with Crippen molar-refractivity contribution in [3.63, 3.8) is 0 Å². The number of hydrogen-bond acceptors (Lipinski definition) is 4. The molecule has 0 aliphatic rings. The normalized spacial score (nSPS) is 10.9. The van der Waals surface area contributed by atoms with Gasteiger partial charge >= 0.3 is 5.69 Å². The number of benzene rings is 1. The van der Waals surface area contributed by atoms with E-state index in [2.05, 4.69) is 4.98 Å². The Kier molecular flexibility index (Phi) is 4.59. The molecule has 5 nitrogen and oxygen atoms in total. The van der Waals surface area contributed by atoms with Crippen molar-refractivity contribution in [2.24, 2.45) is 0 Å². The molecule has 0 N–H and O–H groups in total. The van der Waals surface area contributed by atoms with Crippen molar-refractivity contribution >= 4 is 5.69 Å². The fourth-order valence-corrected chi connectivity index (χ4v) is 2.13. The van der Waals surface area contributed by atoms with E-state index in [1.165, 1.54) is 12.1 Å². The molecular formula is C15H16FN3O2. The molecular weight excluding hydrogens is 273 g/mol. The molecule has 0 fully saturated rings. The van der Waals surface area contributed by atoms with Crippen LogP contribution in [0, 0.1) is 22.9 Å². The molecule has 110 valence electrons. The SMILES string of the molecule is Cc1cccc(CN(C)Cc2ccc([N+](=O)[O-])c(F)c2)n1. The van der Waals surface area contributed by atoms with E-state index in [4.69, 9.17) is 0 Å². The Morgan fingerprint density at radius 1 is 1.29 bits per heavy atom. The molecule has 0 saturated carbocycles. The molecule has 0 atom stereocenters.